The van der Waals surface area contributed by atoms with Crippen molar-refractivity contribution < 1.29 is 5.11 Å². The third-order valence-corrected chi connectivity index (χ3v) is 11.7. The Hall–Kier alpha value is -1.69. The number of hydrogen-bond donors (Lipinski definition) is 1. The molecule has 3 saturated carbocycles. The van der Waals surface area contributed by atoms with Crippen LogP contribution in [0.4, 0.5) is 0 Å². The normalized spacial score (nSPS) is 32.7. The lowest BCUT2D eigenvalue weighted by Crippen LogP contribution is -2.53. The predicted molar refractivity (Wildman–Crippen MR) is 182 cm³/mol. The molecule has 0 spiro atoms. The molecule has 0 heterocycles. The Bertz CT molecular complexity index is 833. The molecule has 0 aromatic rings. The van der Waals surface area contributed by atoms with Gasteiger partial charge in [0.1, 0.15) is 0 Å². The third-order valence-electron chi connectivity index (χ3n) is 11.7. The van der Waals surface area contributed by atoms with Crippen LogP contribution in [-0.4, -0.2) is 12.2 Å². The fourth-order valence-electron chi connectivity index (χ4n) is 8.94. The van der Waals surface area contributed by atoms with E-state index >= 15 is 0 Å². The molecule has 4 aliphatic rings. The third kappa shape index (κ3) is 8.91. The van der Waals surface area contributed by atoms with Gasteiger partial charge in [-0.25, -0.2) is 0 Å². The van der Waals surface area contributed by atoms with Gasteiger partial charge in [0.25, 0.3) is 0 Å². The largest absolute Gasteiger partial charge is 0.400 e. The van der Waals surface area contributed by atoms with Gasteiger partial charge in [0, 0.05) is 7.11 Å². The number of aliphatic hydroxyl groups excluding tert-OH is 1. The monoisotopic (exact) mass is 568 g/mol. The summed E-state index contributed by atoms with van der Waals surface area (Å²) >= 11 is 0. The van der Waals surface area contributed by atoms with Crippen LogP contribution in [0.3, 0.4) is 0 Å². The standard InChI is InChI=1S/C30H49N.2C2H6.2C2H2.CH4O/c1-21(28(4,5)20-31)10-8-11-22-13-14-25-26-16-15-23-24(12-9-17-27(23,2)3)30(26,7)19-18-29(22,25)6;5*1-2/h15,21-22,24-26H,8-14,16-19H2,1-7H3;2*1-2H3;2*1-2H;2H,1H3. The number of hydrogen-bond acceptors (Lipinski definition) is 2. The number of aliphatic hydroxyl groups is 1. The molecular formula is C39H69NO. The number of nitriles is 1. The summed E-state index contributed by atoms with van der Waals surface area (Å²) in [5.41, 5.74) is 3.20. The molecule has 2 heteroatoms. The number of terminal acetylenes is 2. The van der Waals surface area contributed by atoms with E-state index in [4.69, 9.17) is 5.11 Å². The molecule has 236 valence electrons. The van der Waals surface area contributed by atoms with Gasteiger partial charge in [-0.2, -0.15) is 5.26 Å². The summed E-state index contributed by atoms with van der Waals surface area (Å²) in [6.07, 6.45) is 34.1. The minimum Gasteiger partial charge on any atom is -0.400 e. The van der Waals surface area contributed by atoms with Gasteiger partial charge in [0.2, 0.25) is 0 Å². The molecule has 0 aliphatic heterocycles. The second-order valence-corrected chi connectivity index (χ2v) is 13.9. The predicted octanol–water partition coefficient (Wildman–Crippen LogP) is 11.1. The summed E-state index contributed by atoms with van der Waals surface area (Å²) in [5.74, 6) is 4.11. The van der Waals surface area contributed by atoms with Gasteiger partial charge in [-0.1, -0.05) is 86.8 Å². The van der Waals surface area contributed by atoms with Crippen LogP contribution in [-0.2, 0) is 0 Å². The highest BCUT2D eigenvalue weighted by atomic mass is 16.2. The highest BCUT2D eigenvalue weighted by Crippen LogP contribution is 2.69. The molecule has 41 heavy (non-hydrogen) atoms. The first-order chi connectivity index (χ1) is 19.5. The van der Waals surface area contributed by atoms with Crippen LogP contribution < -0.4 is 0 Å². The average Bonchev–Trinajstić information content (AvgIpc) is 3.34. The number of fused-ring (bicyclic) bond motifs is 5. The first kappa shape index (κ1) is 41.4. The van der Waals surface area contributed by atoms with Crippen molar-refractivity contribution in [1.29, 1.82) is 5.26 Å². The van der Waals surface area contributed by atoms with Crippen LogP contribution in [0.5, 0.6) is 0 Å². The van der Waals surface area contributed by atoms with Crippen molar-refractivity contribution in [2.24, 2.45) is 51.2 Å². The van der Waals surface area contributed by atoms with Crippen molar-refractivity contribution in [3.63, 3.8) is 0 Å². The highest BCUT2D eigenvalue weighted by molar-refractivity contribution is 5.27. The summed E-state index contributed by atoms with van der Waals surface area (Å²) in [6, 6.07) is 2.53. The van der Waals surface area contributed by atoms with Crippen molar-refractivity contribution >= 4 is 0 Å². The van der Waals surface area contributed by atoms with Gasteiger partial charge in [0.15, 0.2) is 0 Å². The molecule has 4 aliphatic carbocycles. The Balaban J connectivity index is 0. The smallest absolute Gasteiger partial charge is 0.0686 e. The van der Waals surface area contributed by atoms with E-state index in [1.807, 2.05) is 33.3 Å². The maximum Gasteiger partial charge on any atom is 0.0686 e. The zero-order chi connectivity index (χ0) is 32.7. The fraction of sp³-hybridized carbons (Fsp3) is 0.821. The molecule has 0 amide bonds. The summed E-state index contributed by atoms with van der Waals surface area (Å²) < 4.78 is 0. The van der Waals surface area contributed by atoms with E-state index in [9.17, 15) is 5.26 Å². The summed E-state index contributed by atoms with van der Waals surface area (Å²) in [5, 5.41) is 16.5. The minimum absolute atomic E-state index is 0.186. The highest BCUT2D eigenvalue weighted by Gasteiger charge is 2.60. The van der Waals surface area contributed by atoms with Crippen LogP contribution in [0.15, 0.2) is 11.6 Å². The summed E-state index contributed by atoms with van der Waals surface area (Å²) in [4.78, 5) is 0. The number of allylic oxidation sites excluding steroid dienone is 2. The van der Waals surface area contributed by atoms with Gasteiger partial charge in [0.05, 0.1) is 11.5 Å². The van der Waals surface area contributed by atoms with E-state index in [1.165, 1.54) is 70.6 Å². The summed E-state index contributed by atoms with van der Waals surface area (Å²) in [7, 11) is 1.00. The lowest BCUT2D eigenvalue weighted by Gasteiger charge is -2.61. The zero-order valence-electron chi connectivity index (χ0n) is 29.4. The number of rotatable bonds is 5. The van der Waals surface area contributed by atoms with Crippen molar-refractivity contribution in [3.05, 3.63) is 11.6 Å². The lowest BCUT2D eigenvalue weighted by molar-refractivity contribution is -0.0790. The molecule has 0 saturated heterocycles. The van der Waals surface area contributed by atoms with Gasteiger partial charge in [-0.3, -0.25) is 0 Å². The van der Waals surface area contributed by atoms with E-state index in [0.29, 0.717) is 22.2 Å². The number of nitrogens with zero attached hydrogens (tertiary/aromatic N) is 1. The molecule has 7 unspecified atom stereocenters. The Labute approximate surface area is 258 Å². The Kier molecular flexibility index (Phi) is 19.0. The van der Waals surface area contributed by atoms with Crippen LogP contribution in [0, 0.1) is 88.3 Å². The molecule has 3 fully saturated rings. The summed E-state index contributed by atoms with van der Waals surface area (Å²) in [6.45, 7) is 24.9. The lowest BCUT2D eigenvalue weighted by atomic mass is 9.44. The maximum absolute atomic E-state index is 9.47. The average molecular weight is 568 g/mol. The van der Waals surface area contributed by atoms with Crippen molar-refractivity contribution in [2.45, 2.75) is 147 Å². The molecule has 0 bridgehead atoms. The molecule has 0 radical (unpaired) electrons. The first-order valence-corrected chi connectivity index (χ1v) is 16.7. The van der Waals surface area contributed by atoms with E-state index in [-0.39, 0.29) is 5.41 Å². The second-order valence-electron chi connectivity index (χ2n) is 13.9. The molecule has 2 nitrogen and oxygen atoms in total. The molecule has 0 aromatic heterocycles. The van der Waals surface area contributed by atoms with Crippen LogP contribution in [0.2, 0.25) is 0 Å². The Morgan fingerprint density at radius 1 is 0.902 bits per heavy atom. The molecule has 7 atom stereocenters. The van der Waals surface area contributed by atoms with Gasteiger partial charge in [-0.15, -0.1) is 25.7 Å². The zero-order valence-corrected chi connectivity index (χ0v) is 29.4. The minimum atomic E-state index is -0.186. The van der Waals surface area contributed by atoms with E-state index < -0.39 is 0 Å². The van der Waals surface area contributed by atoms with Crippen LogP contribution >= 0.6 is 0 Å². The SMILES string of the molecule is C#C.C#C.CC.CC.CC(CCCC1CCC2C3CC=C4C(CCCC4(C)C)C3(C)CCC12C)C(C)(C)C#N.CO. The molecule has 0 aromatic carbocycles. The van der Waals surface area contributed by atoms with Gasteiger partial charge >= 0.3 is 0 Å². The Morgan fingerprint density at radius 2 is 1.44 bits per heavy atom. The van der Waals surface area contributed by atoms with Crippen LogP contribution in [0.1, 0.15) is 147 Å². The van der Waals surface area contributed by atoms with Gasteiger partial charge in [-0.05, 0) is 117 Å². The molecular weight excluding hydrogens is 498 g/mol. The second kappa shape index (κ2) is 18.8. The van der Waals surface area contributed by atoms with Crippen molar-refractivity contribution in [3.8, 4) is 31.8 Å². The van der Waals surface area contributed by atoms with Crippen LogP contribution in [0.25, 0.3) is 0 Å². The Morgan fingerprint density at radius 3 is 1.98 bits per heavy atom. The topological polar surface area (TPSA) is 44.0 Å². The van der Waals surface area contributed by atoms with E-state index in [0.717, 1.165) is 30.8 Å². The maximum atomic E-state index is 9.47. The fourth-order valence-corrected chi connectivity index (χ4v) is 8.94. The van der Waals surface area contributed by atoms with Crippen molar-refractivity contribution in [1.82, 2.24) is 0 Å². The quantitative estimate of drug-likeness (QED) is 0.265. The van der Waals surface area contributed by atoms with Gasteiger partial charge < -0.3 is 5.11 Å². The van der Waals surface area contributed by atoms with E-state index in [2.05, 4.69) is 86.3 Å². The van der Waals surface area contributed by atoms with E-state index in [1.54, 1.807) is 0 Å². The first-order valence-electron chi connectivity index (χ1n) is 16.7. The molecule has 1 N–H and O–H groups in total. The molecule has 4 rings (SSSR count). The van der Waals surface area contributed by atoms with Crippen molar-refractivity contribution in [2.75, 3.05) is 7.11 Å².